The van der Waals surface area contributed by atoms with Crippen LogP contribution in [0.1, 0.15) is 12.5 Å². The largest absolute Gasteiger partial charge is 0.392 e. The molecule has 1 N–H and O–H groups in total. The van der Waals surface area contributed by atoms with Gasteiger partial charge in [0.15, 0.2) is 0 Å². The highest BCUT2D eigenvalue weighted by Gasteiger charge is 2.10. The van der Waals surface area contributed by atoms with E-state index in [0.717, 1.165) is 12.1 Å². The Morgan fingerprint density at radius 2 is 2.27 bits per heavy atom. The molecule has 0 unspecified atom stereocenters. The SMILES string of the molecule is CCn1cc(CO)c(-c2cnccn2)n1. The Kier molecular flexibility index (Phi) is 2.73. The van der Waals surface area contributed by atoms with Crippen molar-refractivity contribution in [3.8, 4) is 11.4 Å². The van der Waals surface area contributed by atoms with Crippen molar-refractivity contribution in [2.24, 2.45) is 0 Å². The summed E-state index contributed by atoms with van der Waals surface area (Å²) < 4.78 is 1.77. The Morgan fingerprint density at radius 1 is 1.40 bits per heavy atom. The molecule has 2 heterocycles. The predicted octanol–water partition coefficient (Wildman–Crippen LogP) is 0.852. The highest BCUT2D eigenvalue weighted by atomic mass is 16.3. The maximum Gasteiger partial charge on any atom is 0.118 e. The maximum atomic E-state index is 9.19. The fourth-order valence-corrected chi connectivity index (χ4v) is 1.38. The van der Waals surface area contributed by atoms with Crippen LogP contribution in [-0.2, 0) is 13.2 Å². The molecule has 0 amide bonds. The van der Waals surface area contributed by atoms with E-state index in [0.29, 0.717) is 11.4 Å². The van der Waals surface area contributed by atoms with Gasteiger partial charge in [0.25, 0.3) is 0 Å². The third kappa shape index (κ3) is 1.87. The van der Waals surface area contributed by atoms with Crippen molar-refractivity contribution in [1.82, 2.24) is 19.7 Å². The Morgan fingerprint density at radius 3 is 2.87 bits per heavy atom. The molecule has 0 radical (unpaired) electrons. The zero-order chi connectivity index (χ0) is 10.7. The van der Waals surface area contributed by atoms with Crippen molar-refractivity contribution in [3.63, 3.8) is 0 Å². The van der Waals surface area contributed by atoms with E-state index in [9.17, 15) is 5.11 Å². The Bertz CT molecular complexity index is 438. The van der Waals surface area contributed by atoms with E-state index in [1.54, 1.807) is 23.3 Å². The number of rotatable bonds is 3. The van der Waals surface area contributed by atoms with Gasteiger partial charge in [0.05, 0.1) is 12.8 Å². The molecule has 78 valence electrons. The molecule has 2 aromatic heterocycles. The Balaban J connectivity index is 2.47. The van der Waals surface area contributed by atoms with Crippen molar-refractivity contribution in [2.75, 3.05) is 0 Å². The predicted molar refractivity (Wildman–Crippen MR) is 54.8 cm³/mol. The van der Waals surface area contributed by atoms with Crippen LogP contribution in [0.3, 0.4) is 0 Å². The minimum absolute atomic E-state index is 0.0358. The fourth-order valence-electron chi connectivity index (χ4n) is 1.38. The summed E-state index contributed by atoms with van der Waals surface area (Å²) in [5.41, 5.74) is 2.17. The van der Waals surface area contributed by atoms with E-state index in [2.05, 4.69) is 15.1 Å². The van der Waals surface area contributed by atoms with Crippen LogP contribution in [-0.4, -0.2) is 24.9 Å². The van der Waals surface area contributed by atoms with Crippen molar-refractivity contribution < 1.29 is 5.11 Å². The molecular weight excluding hydrogens is 192 g/mol. The lowest BCUT2D eigenvalue weighted by Crippen LogP contribution is -1.94. The van der Waals surface area contributed by atoms with Gasteiger partial charge in [-0.25, -0.2) is 0 Å². The normalized spacial score (nSPS) is 10.5. The van der Waals surface area contributed by atoms with Crippen LogP contribution in [0, 0.1) is 0 Å². The molecule has 0 saturated carbocycles. The second-order valence-electron chi connectivity index (χ2n) is 3.11. The summed E-state index contributed by atoms with van der Waals surface area (Å²) in [6, 6.07) is 0. The van der Waals surface area contributed by atoms with Gasteiger partial charge in [0.1, 0.15) is 11.4 Å². The summed E-state index contributed by atoms with van der Waals surface area (Å²) in [5.74, 6) is 0. The first kappa shape index (κ1) is 9.79. The van der Waals surface area contributed by atoms with Gasteiger partial charge in [0.2, 0.25) is 0 Å². The van der Waals surface area contributed by atoms with E-state index in [1.807, 2.05) is 13.1 Å². The molecular formula is C10H12N4O. The highest BCUT2D eigenvalue weighted by molar-refractivity contribution is 5.56. The molecule has 5 heteroatoms. The lowest BCUT2D eigenvalue weighted by Gasteiger charge is -1.96. The molecule has 0 aromatic carbocycles. The topological polar surface area (TPSA) is 63.8 Å². The smallest absolute Gasteiger partial charge is 0.118 e. The van der Waals surface area contributed by atoms with E-state index in [-0.39, 0.29) is 6.61 Å². The van der Waals surface area contributed by atoms with Gasteiger partial charge < -0.3 is 5.11 Å². The van der Waals surface area contributed by atoms with Gasteiger partial charge in [-0.1, -0.05) is 0 Å². The Labute approximate surface area is 87.4 Å². The van der Waals surface area contributed by atoms with Crippen LogP contribution in [0.15, 0.2) is 24.8 Å². The van der Waals surface area contributed by atoms with Crippen LogP contribution in [0.5, 0.6) is 0 Å². The van der Waals surface area contributed by atoms with E-state index < -0.39 is 0 Å². The molecule has 0 atom stereocenters. The lowest BCUT2D eigenvalue weighted by molar-refractivity contribution is 0.282. The Hall–Kier alpha value is -1.75. The molecule has 0 bridgehead atoms. The van der Waals surface area contributed by atoms with Gasteiger partial charge in [0, 0.05) is 30.7 Å². The molecule has 2 aromatic rings. The average Bonchev–Trinajstić information content (AvgIpc) is 2.73. The van der Waals surface area contributed by atoms with Crippen molar-refractivity contribution in [3.05, 3.63) is 30.4 Å². The van der Waals surface area contributed by atoms with Crippen molar-refractivity contribution >= 4 is 0 Å². The molecule has 2 rings (SSSR count). The number of aliphatic hydroxyl groups excluding tert-OH is 1. The summed E-state index contributed by atoms with van der Waals surface area (Å²) in [6.07, 6.45) is 6.69. The summed E-state index contributed by atoms with van der Waals surface area (Å²) in [6.45, 7) is 2.73. The van der Waals surface area contributed by atoms with Crippen LogP contribution < -0.4 is 0 Å². The second kappa shape index (κ2) is 4.18. The molecule has 0 spiro atoms. The van der Waals surface area contributed by atoms with Crippen LogP contribution in [0.4, 0.5) is 0 Å². The first-order chi connectivity index (χ1) is 7.35. The van der Waals surface area contributed by atoms with Crippen LogP contribution in [0.2, 0.25) is 0 Å². The number of hydrogen-bond acceptors (Lipinski definition) is 4. The molecule has 15 heavy (non-hydrogen) atoms. The molecule has 0 fully saturated rings. The minimum atomic E-state index is -0.0358. The molecule has 0 saturated heterocycles. The van der Waals surface area contributed by atoms with Crippen LogP contribution >= 0.6 is 0 Å². The number of aromatic nitrogens is 4. The number of nitrogens with zero attached hydrogens (tertiary/aromatic N) is 4. The summed E-state index contributed by atoms with van der Waals surface area (Å²) >= 11 is 0. The zero-order valence-corrected chi connectivity index (χ0v) is 8.46. The fraction of sp³-hybridized carbons (Fsp3) is 0.300. The molecule has 0 aliphatic carbocycles. The van der Waals surface area contributed by atoms with Crippen molar-refractivity contribution in [2.45, 2.75) is 20.1 Å². The zero-order valence-electron chi connectivity index (χ0n) is 8.46. The number of aryl methyl sites for hydroxylation is 1. The monoisotopic (exact) mass is 204 g/mol. The lowest BCUT2D eigenvalue weighted by atomic mass is 10.2. The molecule has 0 aliphatic heterocycles. The minimum Gasteiger partial charge on any atom is -0.392 e. The van der Waals surface area contributed by atoms with Gasteiger partial charge in [-0.05, 0) is 6.92 Å². The summed E-state index contributed by atoms with van der Waals surface area (Å²) in [4.78, 5) is 8.13. The average molecular weight is 204 g/mol. The van der Waals surface area contributed by atoms with E-state index in [1.165, 1.54) is 0 Å². The van der Waals surface area contributed by atoms with Crippen molar-refractivity contribution in [1.29, 1.82) is 0 Å². The van der Waals surface area contributed by atoms with E-state index >= 15 is 0 Å². The van der Waals surface area contributed by atoms with E-state index in [4.69, 9.17) is 0 Å². The first-order valence-corrected chi connectivity index (χ1v) is 4.78. The summed E-state index contributed by atoms with van der Waals surface area (Å²) in [5, 5.41) is 13.5. The quantitative estimate of drug-likeness (QED) is 0.805. The van der Waals surface area contributed by atoms with Crippen LogP contribution in [0.25, 0.3) is 11.4 Å². The van der Waals surface area contributed by atoms with Gasteiger partial charge in [-0.3, -0.25) is 14.6 Å². The third-order valence-electron chi connectivity index (χ3n) is 2.14. The van der Waals surface area contributed by atoms with Gasteiger partial charge in [-0.2, -0.15) is 5.10 Å². The highest BCUT2D eigenvalue weighted by Crippen LogP contribution is 2.18. The number of hydrogen-bond donors (Lipinski definition) is 1. The molecule has 5 nitrogen and oxygen atoms in total. The van der Waals surface area contributed by atoms with Gasteiger partial charge in [-0.15, -0.1) is 0 Å². The molecule has 0 aliphatic rings. The maximum absolute atomic E-state index is 9.19. The first-order valence-electron chi connectivity index (χ1n) is 4.78. The second-order valence-corrected chi connectivity index (χ2v) is 3.11. The standard InChI is InChI=1S/C10H12N4O/c1-2-14-6-8(7-15)10(13-14)9-5-11-3-4-12-9/h3-6,15H,2,7H2,1H3. The summed E-state index contributed by atoms with van der Waals surface area (Å²) in [7, 11) is 0. The third-order valence-corrected chi connectivity index (χ3v) is 2.14. The number of aliphatic hydroxyl groups is 1. The van der Waals surface area contributed by atoms with Gasteiger partial charge >= 0.3 is 0 Å².